The number of nitrogens with zero attached hydrogens (tertiary/aromatic N) is 2. The Balaban J connectivity index is 0.00000232. The van der Waals surface area contributed by atoms with Crippen molar-refractivity contribution in [3.8, 4) is 0 Å². The smallest absolute Gasteiger partial charge is 0.306 e. The van der Waals surface area contributed by atoms with Crippen molar-refractivity contribution in [2.45, 2.75) is 46.1 Å². The number of hydrogen-bond acceptors (Lipinski definition) is 6. The third kappa shape index (κ3) is 5.65. The van der Waals surface area contributed by atoms with Crippen molar-refractivity contribution in [3.05, 3.63) is 49.6 Å². The molecule has 0 aromatic heterocycles. The molecule has 23 heavy (non-hydrogen) atoms. The third-order valence-electron chi connectivity index (χ3n) is 3.40. The molecule has 128 valence electrons. The fraction of sp³-hybridized carbons (Fsp3) is 0.533. The summed E-state index contributed by atoms with van der Waals surface area (Å²) in [5, 5.41) is 21.9. The molecule has 8 heteroatoms. The lowest BCUT2D eigenvalue weighted by atomic mass is 9.86. The van der Waals surface area contributed by atoms with Crippen molar-refractivity contribution >= 4 is 11.7 Å². The lowest BCUT2D eigenvalue weighted by Gasteiger charge is -2.19. The van der Waals surface area contributed by atoms with E-state index in [4.69, 9.17) is 0 Å². The Morgan fingerprint density at radius 3 is 2.26 bits per heavy atom. The maximum absolute atomic E-state index is 11.5. The van der Waals surface area contributed by atoms with Gasteiger partial charge in [-0.25, -0.2) is 0 Å². The molecule has 2 unspecified atom stereocenters. The first-order chi connectivity index (χ1) is 10.8. The molecular formula is C15H22N2O6. The van der Waals surface area contributed by atoms with Gasteiger partial charge in [0.25, 0.3) is 5.69 Å². The zero-order valence-corrected chi connectivity index (χ0v) is 13.9. The van der Waals surface area contributed by atoms with Crippen LogP contribution in [0.2, 0.25) is 0 Å². The van der Waals surface area contributed by atoms with Gasteiger partial charge in [0.05, 0.1) is 24.4 Å². The van der Waals surface area contributed by atoms with Crippen LogP contribution < -0.4 is 0 Å². The van der Waals surface area contributed by atoms with Gasteiger partial charge < -0.3 is 4.74 Å². The van der Waals surface area contributed by atoms with Crippen LogP contribution in [-0.4, -0.2) is 29.0 Å². The van der Waals surface area contributed by atoms with Gasteiger partial charge in [0.1, 0.15) is 0 Å². The number of esters is 1. The highest BCUT2D eigenvalue weighted by Gasteiger charge is 2.32. The van der Waals surface area contributed by atoms with Crippen LogP contribution >= 0.6 is 0 Å². The van der Waals surface area contributed by atoms with Crippen molar-refractivity contribution in [1.82, 2.24) is 0 Å². The van der Waals surface area contributed by atoms with Crippen molar-refractivity contribution in [1.29, 1.82) is 0 Å². The number of carbonyl (C=O) groups excluding carboxylic acids is 1. The van der Waals surface area contributed by atoms with E-state index in [1.54, 1.807) is 6.92 Å². The monoisotopic (exact) mass is 326 g/mol. The summed E-state index contributed by atoms with van der Waals surface area (Å²) in [6.45, 7) is 7.06. The number of rotatable bonds is 6. The lowest BCUT2D eigenvalue weighted by molar-refractivity contribution is -0.522. The summed E-state index contributed by atoms with van der Waals surface area (Å²) in [6.07, 6.45) is -0.208. The Morgan fingerprint density at radius 2 is 1.83 bits per heavy atom. The molecule has 1 aromatic carbocycles. The van der Waals surface area contributed by atoms with Crippen molar-refractivity contribution in [2.24, 2.45) is 0 Å². The molecule has 0 amide bonds. The van der Waals surface area contributed by atoms with E-state index < -0.39 is 27.8 Å². The van der Waals surface area contributed by atoms with Gasteiger partial charge in [0.15, 0.2) is 0 Å². The summed E-state index contributed by atoms with van der Waals surface area (Å²) in [5.41, 5.74) is 0.906. The van der Waals surface area contributed by atoms with Crippen LogP contribution in [0.5, 0.6) is 0 Å². The fourth-order valence-electron chi connectivity index (χ4n) is 2.09. The van der Waals surface area contributed by atoms with E-state index in [1.807, 2.05) is 13.8 Å². The van der Waals surface area contributed by atoms with E-state index in [9.17, 15) is 25.0 Å². The molecular weight excluding hydrogens is 304 g/mol. The standard InChI is InChI=1S/C13H16N2O6.C2H6/c1-8-4-5-10(15(19)20)6-11(8)12(7-13(16)21-3)9(2)14(17)18;1-2/h4-6,9,12H,7H2,1-3H3;1-2H3. The van der Waals surface area contributed by atoms with Crippen molar-refractivity contribution in [3.63, 3.8) is 0 Å². The topological polar surface area (TPSA) is 113 Å². The van der Waals surface area contributed by atoms with E-state index in [0.29, 0.717) is 11.1 Å². The van der Waals surface area contributed by atoms with Crippen LogP contribution in [-0.2, 0) is 9.53 Å². The van der Waals surface area contributed by atoms with Crippen LogP contribution in [0.15, 0.2) is 18.2 Å². The number of ether oxygens (including phenoxy) is 1. The van der Waals surface area contributed by atoms with Gasteiger partial charge in [0, 0.05) is 24.0 Å². The molecule has 0 N–H and O–H groups in total. The largest absolute Gasteiger partial charge is 0.469 e. The molecule has 0 spiro atoms. The zero-order chi connectivity index (χ0) is 18.2. The Bertz CT molecular complexity index is 573. The minimum atomic E-state index is -1.06. The lowest BCUT2D eigenvalue weighted by Crippen LogP contribution is -2.27. The van der Waals surface area contributed by atoms with Gasteiger partial charge >= 0.3 is 5.97 Å². The number of non-ortho nitro benzene ring substituents is 1. The highest BCUT2D eigenvalue weighted by atomic mass is 16.6. The van der Waals surface area contributed by atoms with Gasteiger partial charge in [-0.05, 0) is 18.1 Å². The maximum atomic E-state index is 11.5. The Kier molecular flexibility index (Phi) is 8.46. The average Bonchev–Trinajstić information content (AvgIpc) is 2.53. The molecule has 0 aliphatic rings. The molecule has 0 bridgehead atoms. The predicted molar refractivity (Wildman–Crippen MR) is 85.0 cm³/mol. The summed E-state index contributed by atoms with van der Waals surface area (Å²) in [4.78, 5) is 32.3. The molecule has 1 aromatic rings. The second kappa shape index (κ2) is 9.50. The first kappa shape index (κ1) is 20.5. The Hall–Kier alpha value is -2.51. The van der Waals surface area contributed by atoms with E-state index in [0.717, 1.165) is 0 Å². The number of benzene rings is 1. The van der Waals surface area contributed by atoms with Crippen LogP contribution in [0, 0.1) is 27.2 Å². The van der Waals surface area contributed by atoms with Crippen LogP contribution in [0.1, 0.15) is 44.2 Å². The molecule has 0 fully saturated rings. The quantitative estimate of drug-likeness (QED) is 0.450. The number of nitro groups is 2. The van der Waals surface area contributed by atoms with Crippen molar-refractivity contribution in [2.75, 3.05) is 7.11 Å². The number of methoxy groups -OCH3 is 1. The zero-order valence-electron chi connectivity index (χ0n) is 13.9. The molecule has 8 nitrogen and oxygen atoms in total. The second-order valence-corrected chi connectivity index (χ2v) is 4.71. The summed E-state index contributed by atoms with van der Waals surface area (Å²) < 4.78 is 4.55. The van der Waals surface area contributed by atoms with Gasteiger partial charge in [-0.3, -0.25) is 25.0 Å². The molecule has 0 saturated heterocycles. The molecule has 0 saturated carbocycles. The summed E-state index contributed by atoms with van der Waals surface area (Å²) in [7, 11) is 1.19. The maximum Gasteiger partial charge on any atom is 0.306 e. The fourth-order valence-corrected chi connectivity index (χ4v) is 2.09. The Morgan fingerprint density at radius 1 is 1.26 bits per heavy atom. The normalized spacial score (nSPS) is 12.4. The second-order valence-electron chi connectivity index (χ2n) is 4.71. The number of nitro benzene ring substituents is 1. The van der Waals surface area contributed by atoms with Gasteiger partial charge in [-0.15, -0.1) is 0 Å². The van der Waals surface area contributed by atoms with E-state index >= 15 is 0 Å². The summed E-state index contributed by atoms with van der Waals surface area (Å²) >= 11 is 0. The molecule has 0 heterocycles. The first-order valence-corrected chi connectivity index (χ1v) is 7.23. The van der Waals surface area contributed by atoms with Crippen LogP contribution in [0.25, 0.3) is 0 Å². The Labute approximate surface area is 134 Å². The van der Waals surface area contributed by atoms with Crippen LogP contribution in [0.4, 0.5) is 5.69 Å². The summed E-state index contributed by atoms with van der Waals surface area (Å²) in [6, 6.07) is 3.06. The molecule has 0 aliphatic carbocycles. The van der Waals surface area contributed by atoms with Gasteiger partial charge in [0.2, 0.25) is 6.04 Å². The number of hydrogen-bond donors (Lipinski definition) is 0. The van der Waals surface area contributed by atoms with Crippen LogP contribution in [0.3, 0.4) is 0 Å². The highest BCUT2D eigenvalue weighted by molar-refractivity contribution is 5.70. The van der Waals surface area contributed by atoms with E-state index in [-0.39, 0.29) is 12.1 Å². The van der Waals surface area contributed by atoms with Gasteiger partial charge in [-0.1, -0.05) is 19.9 Å². The average molecular weight is 326 g/mol. The molecule has 0 radical (unpaired) electrons. The number of aryl methyl sites for hydroxylation is 1. The molecule has 1 rings (SSSR count). The summed E-state index contributed by atoms with van der Waals surface area (Å²) in [5.74, 6) is -1.38. The molecule has 2 atom stereocenters. The minimum absolute atomic E-state index is 0.166. The van der Waals surface area contributed by atoms with E-state index in [1.165, 1.54) is 32.2 Å². The third-order valence-corrected chi connectivity index (χ3v) is 3.40. The predicted octanol–water partition coefficient (Wildman–Crippen LogP) is 3.24. The minimum Gasteiger partial charge on any atom is -0.469 e. The first-order valence-electron chi connectivity index (χ1n) is 7.23. The SMILES string of the molecule is CC.COC(=O)CC(c1cc([N+](=O)[O-])ccc1C)C(C)[N+](=O)[O-]. The van der Waals surface area contributed by atoms with Gasteiger partial charge in [-0.2, -0.15) is 0 Å². The van der Waals surface area contributed by atoms with E-state index in [2.05, 4.69) is 4.74 Å². The highest BCUT2D eigenvalue weighted by Crippen LogP contribution is 2.31. The number of carbonyl (C=O) groups is 1. The molecule has 0 aliphatic heterocycles. The van der Waals surface area contributed by atoms with Crippen molar-refractivity contribution < 1.29 is 19.4 Å².